The Hall–Kier alpha value is -5.96. The zero-order chi connectivity index (χ0) is 41.7. The summed E-state index contributed by atoms with van der Waals surface area (Å²) in [7, 11) is 0.447. The van der Waals surface area contributed by atoms with E-state index < -0.39 is 37.9 Å². The largest absolute Gasteiger partial charge is 0.497 e. The van der Waals surface area contributed by atoms with Gasteiger partial charge in [-0.3, -0.25) is 14.3 Å². The Labute approximate surface area is 344 Å². The van der Waals surface area contributed by atoms with Crippen molar-refractivity contribution in [2.75, 3.05) is 26.6 Å². The second kappa shape index (κ2) is 17.5. The van der Waals surface area contributed by atoms with E-state index >= 15 is 0 Å². The number of rotatable bonds is 16. The molecular formula is C44H50N8O6Si. The number of nitrogens with one attached hydrogen (secondary N) is 1. The van der Waals surface area contributed by atoms with Gasteiger partial charge in [0.25, 0.3) is 5.56 Å². The van der Waals surface area contributed by atoms with Crippen molar-refractivity contribution in [1.29, 1.82) is 0 Å². The second-order valence-corrected chi connectivity index (χ2v) is 20.0. The first-order valence-electron chi connectivity index (χ1n) is 19.7. The van der Waals surface area contributed by atoms with Crippen LogP contribution in [0.1, 0.15) is 62.6 Å². The highest BCUT2D eigenvalue weighted by Gasteiger charge is 2.50. The van der Waals surface area contributed by atoms with E-state index in [9.17, 15) is 4.79 Å². The number of nitrogens with two attached hydrogens (primary N) is 1. The zero-order valence-electron chi connectivity index (χ0n) is 34.1. The third-order valence-corrected chi connectivity index (χ3v) is 16.7. The number of nitrogen functional groups attached to an aromatic ring is 1. The average Bonchev–Trinajstić information content (AvgIpc) is 3.87. The van der Waals surface area contributed by atoms with Crippen molar-refractivity contribution in [2.45, 2.75) is 75.8 Å². The Bertz CT molecular complexity index is 2400. The highest BCUT2D eigenvalue weighted by molar-refractivity contribution is 6.88. The monoisotopic (exact) mass is 814 g/mol. The van der Waals surface area contributed by atoms with Gasteiger partial charge in [0, 0.05) is 11.3 Å². The van der Waals surface area contributed by atoms with Gasteiger partial charge in [0.2, 0.25) is 14.3 Å². The summed E-state index contributed by atoms with van der Waals surface area (Å²) in [4.78, 5) is 27.2. The fraction of sp³-hybridized carbons (Fsp3) is 0.341. The minimum absolute atomic E-state index is 0.0171. The van der Waals surface area contributed by atoms with Crippen LogP contribution in [0.5, 0.6) is 11.5 Å². The van der Waals surface area contributed by atoms with Gasteiger partial charge in [-0.15, -0.1) is 0 Å². The first-order valence-corrected chi connectivity index (χ1v) is 21.7. The molecule has 1 aliphatic heterocycles. The van der Waals surface area contributed by atoms with Crippen molar-refractivity contribution in [3.05, 3.63) is 153 Å². The molecule has 0 radical (unpaired) electrons. The highest BCUT2D eigenvalue weighted by atomic mass is 28.4. The minimum Gasteiger partial charge on any atom is -0.497 e. The smallest absolute Gasteiger partial charge is 0.280 e. The van der Waals surface area contributed by atoms with Crippen LogP contribution in [-0.4, -0.2) is 60.9 Å². The van der Waals surface area contributed by atoms with E-state index in [1.165, 1.54) is 0 Å². The van der Waals surface area contributed by atoms with E-state index in [1.807, 2.05) is 78.9 Å². The van der Waals surface area contributed by atoms with Crippen molar-refractivity contribution in [1.82, 2.24) is 19.5 Å². The molecule has 0 aliphatic carbocycles. The van der Waals surface area contributed by atoms with Gasteiger partial charge in [-0.2, -0.15) is 4.98 Å². The van der Waals surface area contributed by atoms with Gasteiger partial charge in [-0.1, -0.05) is 112 Å². The number of imidazole rings is 1. The van der Waals surface area contributed by atoms with Crippen LogP contribution in [-0.2, 0) is 26.0 Å². The van der Waals surface area contributed by atoms with Crippen LogP contribution in [0.25, 0.3) is 21.6 Å². The fourth-order valence-corrected chi connectivity index (χ4v) is 13.3. The van der Waals surface area contributed by atoms with E-state index in [-0.39, 0.29) is 35.7 Å². The Balaban J connectivity index is 1.35. The molecule has 0 amide bonds. The maximum Gasteiger partial charge on any atom is 0.280 e. The third kappa shape index (κ3) is 7.95. The molecule has 0 spiro atoms. The topological polar surface area (TPSA) is 184 Å². The van der Waals surface area contributed by atoms with E-state index in [0.29, 0.717) is 12.1 Å². The maximum atomic E-state index is 12.9. The lowest BCUT2D eigenvalue weighted by atomic mass is 9.80. The standard InChI is InChI=1S/C44H50N8O6Si/c1-28(2)59(29(3)4,36-22-12-30(13-23-36)25-48-51-46)58-37-24-39(52-27-47-40-41(52)49-43(45)50-42(40)53)57-38(37)26-56-44(31-10-8-7-9-11-31,32-14-18-34(54-5)19-15-32)33-16-20-35(55-6)21-17-33/h7-23,27-29,37-39H,24-26H2,1-6H3,(H3,45,49,50,53)/t37-,38+,39+/m0/s1. The maximum absolute atomic E-state index is 12.9. The number of ether oxygens (including phenoxy) is 4. The third-order valence-electron chi connectivity index (χ3n) is 11.4. The summed E-state index contributed by atoms with van der Waals surface area (Å²) < 4.78 is 34.9. The van der Waals surface area contributed by atoms with E-state index in [1.54, 1.807) is 25.1 Å². The van der Waals surface area contributed by atoms with Crippen LogP contribution in [0.15, 0.2) is 119 Å². The molecule has 1 saturated heterocycles. The molecule has 4 aromatic carbocycles. The molecule has 3 N–H and O–H groups in total. The summed E-state index contributed by atoms with van der Waals surface area (Å²) in [5.41, 5.74) is 17.8. The highest BCUT2D eigenvalue weighted by Crippen LogP contribution is 2.45. The summed E-state index contributed by atoms with van der Waals surface area (Å²) in [6, 6.07) is 34.2. The van der Waals surface area contributed by atoms with Gasteiger partial charge in [-0.05, 0) is 68.3 Å². The normalized spacial score (nSPS) is 17.1. The molecule has 0 bridgehead atoms. The molecule has 1 fully saturated rings. The van der Waals surface area contributed by atoms with Crippen LogP contribution in [0.3, 0.4) is 0 Å². The summed E-state index contributed by atoms with van der Waals surface area (Å²) in [5.74, 6) is 1.42. The summed E-state index contributed by atoms with van der Waals surface area (Å²) >= 11 is 0. The molecule has 59 heavy (non-hydrogen) atoms. The quantitative estimate of drug-likeness (QED) is 0.0323. The van der Waals surface area contributed by atoms with Crippen molar-refractivity contribution in [2.24, 2.45) is 5.11 Å². The SMILES string of the molecule is COc1ccc(C(OC[C@H]2O[C@@H](n3cnc4c(=O)[nH]c(N)nc43)C[C@@H]2O[Si](c2ccc(CN=[N+]=[N-])cc2)(C(C)C)C(C)C)(c2ccccc2)c2ccc(OC)cc2)cc1. The molecule has 15 heteroatoms. The summed E-state index contributed by atoms with van der Waals surface area (Å²) in [6.45, 7) is 9.25. The molecule has 2 aromatic heterocycles. The Kier molecular flexibility index (Phi) is 12.2. The Morgan fingerprint density at radius 2 is 1.51 bits per heavy atom. The minimum atomic E-state index is -2.84. The number of nitrogens with zero attached hydrogens (tertiary/aromatic N) is 6. The number of H-pyrrole nitrogens is 1. The molecule has 0 unspecified atom stereocenters. The first kappa shape index (κ1) is 41.2. The van der Waals surface area contributed by atoms with Crippen LogP contribution in [0.4, 0.5) is 5.95 Å². The molecule has 1 aliphatic rings. The lowest BCUT2D eigenvalue weighted by Gasteiger charge is -2.42. The average molecular weight is 815 g/mol. The lowest BCUT2D eigenvalue weighted by Crippen LogP contribution is -2.59. The number of anilines is 1. The van der Waals surface area contributed by atoms with Crippen molar-refractivity contribution in [3.63, 3.8) is 0 Å². The molecule has 14 nitrogen and oxygen atoms in total. The number of benzene rings is 4. The van der Waals surface area contributed by atoms with Crippen molar-refractivity contribution >= 4 is 30.6 Å². The van der Waals surface area contributed by atoms with Gasteiger partial charge >= 0.3 is 0 Å². The summed E-state index contributed by atoms with van der Waals surface area (Å²) in [5, 5.41) is 4.89. The number of aromatic nitrogens is 4. The molecule has 3 heterocycles. The van der Waals surface area contributed by atoms with Gasteiger partial charge in [0.05, 0.1) is 39.8 Å². The predicted octanol–water partition coefficient (Wildman–Crippen LogP) is 7.88. The van der Waals surface area contributed by atoms with Gasteiger partial charge in [-0.25, -0.2) is 4.98 Å². The zero-order valence-corrected chi connectivity index (χ0v) is 35.1. The van der Waals surface area contributed by atoms with Crippen molar-refractivity contribution < 1.29 is 23.4 Å². The molecule has 3 atom stereocenters. The van der Waals surface area contributed by atoms with E-state index in [0.717, 1.165) is 38.9 Å². The number of fused-ring (bicyclic) bond motifs is 1. The number of hydrogen-bond donors (Lipinski definition) is 2. The van der Waals surface area contributed by atoms with Crippen LogP contribution in [0, 0.1) is 0 Å². The first-order chi connectivity index (χ1) is 28.5. The Morgan fingerprint density at radius 1 is 0.915 bits per heavy atom. The van der Waals surface area contributed by atoms with Crippen LogP contribution >= 0.6 is 0 Å². The lowest BCUT2D eigenvalue weighted by molar-refractivity contribution is -0.0913. The molecule has 6 aromatic rings. The second-order valence-electron chi connectivity index (χ2n) is 15.3. The van der Waals surface area contributed by atoms with Gasteiger partial charge in [0.15, 0.2) is 11.2 Å². The number of aromatic amines is 1. The molecule has 0 saturated carbocycles. The molecule has 306 valence electrons. The molecular weight excluding hydrogens is 765 g/mol. The molecule has 7 rings (SSSR count). The Morgan fingerprint density at radius 3 is 2.07 bits per heavy atom. The fourth-order valence-electron chi connectivity index (χ4n) is 8.49. The van der Waals surface area contributed by atoms with E-state index in [4.69, 9.17) is 34.6 Å². The van der Waals surface area contributed by atoms with Gasteiger partial charge in [0.1, 0.15) is 29.4 Å². The van der Waals surface area contributed by atoms with Crippen LogP contribution in [0.2, 0.25) is 11.1 Å². The van der Waals surface area contributed by atoms with Gasteiger partial charge < -0.3 is 29.1 Å². The van der Waals surface area contributed by atoms with Crippen LogP contribution < -0.4 is 26.0 Å². The number of hydrogen-bond acceptors (Lipinski definition) is 10. The number of methoxy groups -OCH3 is 2. The number of azide groups is 1. The van der Waals surface area contributed by atoms with E-state index in [2.05, 4.69) is 76.9 Å². The van der Waals surface area contributed by atoms with Crippen molar-refractivity contribution in [3.8, 4) is 11.5 Å². The predicted molar refractivity (Wildman–Crippen MR) is 229 cm³/mol. The summed E-state index contributed by atoms with van der Waals surface area (Å²) in [6.07, 6.45) is 0.317.